The average Bonchev–Trinajstić information content (AvgIpc) is 2.77. The van der Waals surface area contributed by atoms with Gasteiger partial charge in [0, 0.05) is 5.56 Å². The molecule has 0 saturated heterocycles. The predicted octanol–water partition coefficient (Wildman–Crippen LogP) is 2.52. The summed E-state index contributed by atoms with van der Waals surface area (Å²) in [7, 11) is 0. The summed E-state index contributed by atoms with van der Waals surface area (Å²) >= 11 is 0. The van der Waals surface area contributed by atoms with E-state index in [2.05, 4.69) is 36.0 Å². The second-order valence-corrected chi connectivity index (χ2v) is 5.25. The molecule has 0 aliphatic heterocycles. The van der Waals surface area contributed by atoms with Crippen molar-refractivity contribution in [1.29, 1.82) is 0 Å². The van der Waals surface area contributed by atoms with Gasteiger partial charge in [0.2, 0.25) is 0 Å². The summed E-state index contributed by atoms with van der Waals surface area (Å²) < 4.78 is 0. The van der Waals surface area contributed by atoms with E-state index in [1.54, 1.807) is 0 Å². The Morgan fingerprint density at radius 3 is 2.41 bits per heavy atom. The van der Waals surface area contributed by atoms with E-state index in [-0.39, 0.29) is 11.5 Å². The van der Waals surface area contributed by atoms with Crippen LogP contribution in [0.1, 0.15) is 32.6 Å². The molecule has 0 radical (unpaired) electrons. The fourth-order valence-electron chi connectivity index (χ4n) is 1.54. The maximum Gasteiger partial charge on any atom is 0.181 e. The van der Waals surface area contributed by atoms with Gasteiger partial charge in [-0.25, -0.2) is 4.98 Å². The molecule has 2 aromatic rings. The number of hydrogen-bond donors (Lipinski definition) is 2. The first kappa shape index (κ1) is 11.8. The maximum atomic E-state index is 6.13. The molecule has 0 bridgehead atoms. The van der Waals surface area contributed by atoms with E-state index in [1.165, 1.54) is 0 Å². The molecule has 3 N–H and O–H groups in total. The summed E-state index contributed by atoms with van der Waals surface area (Å²) in [5.74, 6) is 1.43. The van der Waals surface area contributed by atoms with Crippen LogP contribution in [-0.4, -0.2) is 15.2 Å². The molecule has 0 spiro atoms. The number of nitrogens with one attached hydrogen (secondary N) is 1. The molecular weight excluding hydrogens is 212 g/mol. The van der Waals surface area contributed by atoms with Crippen LogP contribution in [0.3, 0.4) is 0 Å². The maximum absolute atomic E-state index is 6.13. The van der Waals surface area contributed by atoms with Crippen LogP contribution in [-0.2, 0) is 0 Å². The molecule has 90 valence electrons. The zero-order chi connectivity index (χ0) is 12.5. The van der Waals surface area contributed by atoms with Gasteiger partial charge in [-0.1, -0.05) is 51.1 Å². The molecule has 17 heavy (non-hydrogen) atoms. The van der Waals surface area contributed by atoms with E-state index in [9.17, 15) is 0 Å². The van der Waals surface area contributed by atoms with Crippen molar-refractivity contribution in [3.05, 3.63) is 36.2 Å². The second-order valence-electron chi connectivity index (χ2n) is 5.25. The number of H-pyrrole nitrogens is 1. The Kier molecular flexibility index (Phi) is 2.98. The molecule has 1 heterocycles. The van der Waals surface area contributed by atoms with Gasteiger partial charge in [0.15, 0.2) is 5.82 Å². The van der Waals surface area contributed by atoms with E-state index >= 15 is 0 Å². The Labute approximate surface area is 101 Å². The third-order valence-electron chi connectivity index (χ3n) is 2.76. The van der Waals surface area contributed by atoms with Gasteiger partial charge in [-0.3, -0.25) is 5.10 Å². The number of aromatic nitrogens is 3. The fourth-order valence-corrected chi connectivity index (χ4v) is 1.54. The Morgan fingerprint density at radius 2 is 1.82 bits per heavy atom. The monoisotopic (exact) mass is 230 g/mol. The van der Waals surface area contributed by atoms with Gasteiger partial charge in [-0.15, -0.1) is 0 Å². The average molecular weight is 230 g/mol. The van der Waals surface area contributed by atoms with Crippen molar-refractivity contribution in [2.75, 3.05) is 0 Å². The number of aromatic amines is 1. The molecule has 4 nitrogen and oxygen atoms in total. The third kappa shape index (κ3) is 2.53. The molecule has 0 amide bonds. The van der Waals surface area contributed by atoms with E-state index in [4.69, 9.17) is 5.73 Å². The topological polar surface area (TPSA) is 67.6 Å². The highest BCUT2D eigenvalue weighted by atomic mass is 15.2. The van der Waals surface area contributed by atoms with Crippen molar-refractivity contribution >= 4 is 0 Å². The van der Waals surface area contributed by atoms with Gasteiger partial charge >= 0.3 is 0 Å². The Bertz CT molecular complexity index is 482. The number of hydrogen-bond acceptors (Lipinski definition) is 3. The number of nitrogens with zero attached hydrogens (tertiary/aromatic N) is 2. The molecule has 1 aromatic carbocycles. The van der Waals surface area contributed by atoms with Crippen molar-refractivity contribution < 1.29 is 0 Å². The Balaban J connectivity index is 2.28. The normalized spacial score (nSPS) is 13.6. The van der Waals surface area contributed by atoms with Crippen molar-refractivity contribution in [2.45, 2.75) is 26.8 Å². The van der Waals surface area contributed by atoms with Crippen molar-refractivity contribution in [2.24, 2.45) is 11.1 Å². The first-order chi connectivity index (χ1) is 7.98. The first-order valence-corrected chi connectivity index (χ1v) is 5.72. The van der Waals surface area contributed by atoms with Crippen LogP contribution in [0.25, 0.3) is 11.4 Å². The van der Waals surface area contributed by atoms with Gasteiger partial charge in [-0.05, 0) is 5.41 Å². The van der Waals surface area contributed by atoms with E-state index in [1.807, 2.05) is 30.3 Å². The molecule has 0 unspecified atom stereocenters. The molecule has 0 aliphatic carbocycles. The summed E-state index contributed by atoms with van der Waals surface area (Å²) in [6, 6.07) is 9.72. The summed E-state index contributed by atoms with van der Waals surface area (Å²) in [5, 5.41) is 7.13. The molecule has 1 aromatic heterocycles. The summed E-state index contributed by atoms with van der Waals surface area (Å²) in [6.07, 6.45) is 0. The van der Waals surface area contributed by atoms with Crippen LogP contribution in [0, 0.1) is 5.41 Å². The first-order valence-electron chi connectivity index (χ1n) is 5.72. The zero-order valence-electron chi connectivity index (χ0n) is 10.4. The molecule has 4 heteroatoms. The molecule has 0 fully saturated rings. The zero-order valence-corrected chi connectivity index (χ0v) is 10.4. The Morgan fingerprint density at radius 1 is 1.18 bits per heavy atom. The highest BCUT2D eigenvalue weighted by molar-refractivity contribution is 5.53. The van der Waals surface area contributed by atoms with E-state index < -0.39 is 0 Å². The summed E-state index contributed by atoms with van der Waals surface area (Å²) in [5.41, 5.74) is 7.09. The van der Waals surface area contributed by atoms with Gasteiger partial charge in [0.05, 0.1) is 6.04 Å². The molecule has 0 saturated carbocycles. The largest absolute Gasteiger partial charge is 0.321 e. The lowest BCUT2D eigenvalue weighted by atomic mass is 9.87. The van der Waals surface area contributed by atoms with E-state index in [0.29, 0.717) is 5.82 Å². The van der Waals surface area contributed by atoms with Crippen LogP contribution < -0.4 is 5.73 Å². The third-order valence-corrected chi connectivity index (χ3v) is 2.76. The van der Waals surface area contributed by atoms with Gasteiger partial charge in [0.25, 0.3) is 0 Å². The number of rotatable bonds is 2. The van der Waals surface area contributed by atoms with Crippen LogP contribution in [0.15, 0.2) is 30.3 Å². The minimum atomic E-state index is -0.146. The highest BCUT2D eigenvalue weighted by Crippen LogP contribution is 2.29. The lowest BCUT2D eigenvalue weighted by Crippen LogP contribution is -2.27. The van der Waals surface area contributed by atoms with Crippen LogP contribution >= 0.6 is 0 Å². The van der Waals surface area contributed by atoms with Crippen LogP contribution in [0.2, 0.25) is 0 Å². The van der Waals surface area contributed by atoms with Gasteiger partial charge in [-0.2, -0.15) is 5.10 Å². The number of nitrogens with two attached hydrogens (primary N) is 1. The van der Waals surface area contributed by atoms with Crippen molar-refractivity contribution in [3.63, 3.8) is 0 Å². The molecular formula is C13H18N4. The molecule has 2 rings (SSSR count). The van der Waals surface area contributed by atoms with Crippen molar-refractivity contribution in [3.8, 4) is 11.4 Å². The predicted molar refractivity (Wildman–Crippen MR) is 68.2 cm³/mol. The van der Waals surface area contributed by atoms with Gasteiger partial charge < -0.3 is 5.73 Å². The lowest BCUT2D eigenvalue weighted by Gasteiger charge is -2.24. The fraction of sp³-hybridized carbons (Fsp3) is 0.385. The summed E-state index contributed by atoms with van der Waals surface area (Å²) in [6.45, 7) is 6.26. The van der Waals surface area contributed by atoms with Crippen LogP contribution in [0.4, 0.5) is 0 Å². The smallest absolute Gasteiger partial charge is 0.181 e. The Hall–Kier alpha value is -1.68. The van der Waals surface area contributed by atoms with E-state index in [0.717, 1.165) is 11.4 Å². The minimum Gasteiger partial charge on any atom is -0.321 e. The van der Waals surface area contributed by atoms with Gasteiger partial charge in [0.1, 0.15) is 5.82 Å². The minimum absolute atomic E-state index is 0.0342. The van der Waals surface area contributed by atoms with Crippen LogP contribution in [0.5, 0.6) is 0 Å². The highest BCUT2D eigenvalue weighted by Gasteiger charge is 2.25. The second kappa shape index (κ2) is 4.30. The lowest BCUT2D eigenvalue weighted by molar-refractivity contribution is 0.316. The van der Waals surface area contributed by atoms with Crippen molar-refractivity contribution in [1.82, 2.24) is 15.2 Å². The molecule has 0 aliphatic rings. The summed E-state index contributed by atoms with van der Waals surface area (Å²) in [4.78, 5) is 4.46. The SMILES string of the molecule is CC(C)(C)[C@@H](N)c1nc(-c2ccccc2)n[nH]1. The molecule has 1 atom stereocenters. The standard InChI is InChI=1S/C13H18N4/c1-13(2,3)10(14)12-15-11(16-17-12)9-7-5-4-6-8-9/h4-8,10H,14H2,1-3H3,(H,15,16,17)/t10-/m0/s1. The quantitative estimate of drug-likeness (QED) is 0.833. The number of benzene rings is 1.